The Morgan fingerprint density at radius 3 is 2.15 bits per heavy atom. The molecule has 3 rings (SSSR count). The summed E-state index contributed by atoms with van der Waals surface area (Å²) in [7, 11) is 0. The number of nitrogens with two attached hydrogens (primary N) is 1. The van der Waals surface area contributed by atoms with Gasteiger partial charge in [0, 0.05) is 0 Å². The van der Waals surface area contributed by atoms with Crippen LogP contribution in [-0.2, 0) is 12.4 Å². The Labute approximate surface area is 142 Å². The topological polar surface area (TPSA) is 69.6 Å². The van der Waals surface area contributed by atoms with Crippen LogP contribution in [0.3, 0.4) is 0 Å². The maximum atomic E-state index is 13.3. The molecule has 2 aromatic heterocycles. The molecule has 2 heterocycles. The van der Waals surface area contributed by atoms with Gasteiger partial charge in [-0.25, -0.2) is 14.6 Å². The van der Waals surface area contributed by atoms with Crippen molar-refractivity contribution in [2.24, 2.45) is 0 Å². The number of halogens is 6. The number of aryl methyl sites for hydroxylation is 2. The summed E-state index contributed by atoms with van der Waals surface area (Å²) in [5, 5.41) is 2.99. The fraction of sp³-hybridized carbons (Fsp3) is 0.267. The van der Waals surface area contributed by atoms with Crippen molar-refractivity contribution in [3.05, 3.63) is 40.8 Å². The van der Waals surface area contributed by atoms with Gasteiger partial charge in [-0.1, -0.05) is 17.7 Å². The second-order valence-corrected chi connectivity index (χ2v) is 5.68. The molecule has 0 amide bonds. The average Bonchev–Trinajstić information content (AvgIpc) is 2.81. The molecule has 138 valence electrons. The van der Waals surface area contributed by atoms with E-state index >= 15 is 0 Å². The molecule has 1 aromatic carbocycles. The van der Waals surface area contributed by atoms with Gasteiger partial charge in [0.2, 0.25) is 5.82 Å². The maximum absolute atomic E-state index is 13.3. The lowest BCUT2D eigenvalue weighted by Gasteiger charge is -2.11. The second kappa shape index (κ2) is 5.58. The van der Waals surface area contributed by atoms with Crippen LogP contribution in [-0.4, -0.2) is 19.7 Å². The normalized spacial score (nSPS) is 12.8. The van der Waals surface area contributed by atoms with E-state index in [1.807, 2.05) is 6.92 Å². The van der Waals surface area contributed by atoms with Gasteiger partial charge in [0.05, 0.1) is 11.1 Å². The average molecular weight is 375 g/mol. The van der Waals surface area contributed by atoms with E-state index in [-0.39, 0.29) is 0 Å². The van der Waals surface area contributed by atoms with Crippen molar-refractivity contribution in [2.45, 2.75) is 26.2 Å². The van der Waals surface area contributed by atoms with Crippen molar-refractivity contribution in [2.75, 3.05) is 5.73 Å². The van der Waals surface area contributed by atoms with E-state index in [0.717, 1.165) is 10.2 Å². The Bertz CT molecular complexity index is 1000. The fourth-order valence-corrected chi connectivity index (χ4v) is 2.57. The van der Waals surface area contributed by atoms with Gasteiger partial charge in [0.25, 0.3) is 0 Å². The molecule has 0 unspecified atom stereocenters. The van der Waals surface area contributed by atoms with Crippen LogP contribution in [0.25, 0.3) is 16.7 Å². The largest absolute Gasteiger partial charge is 0.451 e. The summed E-state index contributed by atoms with van der Waals surface area (Å²) >= 11 is 0. The lowest BCUT2D eigenvalue weighted by atomic mass is 10.1. The first-order chi connectivity index (χ1) is 11.9. The van der Waals surface area contributed by atoms with Gasteiger partial charge >= 0.3 is 12.4 Å². The molecule has 0 spiro atoms. The number of nitrogen functional groups attached to an aromatic ring is 1. The first kappa shape index (κ1) is 18.0. The molecule has 0 saturated carbocycles. The highest BCUT2D eigenvalue weighted by Crippen LogP contribution is 2.38. The molecule has 0 radical (unpaired) electrons. The van der Waals surface area contributed by atoms with Gasteiger partial charge in [0.15, 0.2) is 11.3 Å². The van der Waals surface area contributed by atoms with Crippen molar-refractivity contribution < 1.29 is 26.3 Å². The molecule has 2 N–H and O–H groups in total. The number of hydrogen-bond acceptors (Lipinski definition) is 4. The van der Waals surface area contributed by atoms with Gasteiger partial charge in [-0.3, -0.25) is 0 Å². The summed E-state index contributed by atoms with van der Waals surface area (Å²) in [6.45, 7) is 3.48. The highest BCUT2D eigenvalue weighted by atomic mass is 19.4. The summed E-state index contributed by atoms with van der Waals surface area (Å²) in [4.78, 5) is 5.78. The number of alkyl halides is 6. The zero-order valence-corrected chi connectivity index (χ0v) is 13.4. The third-order valence-electron chi connectivity index (χ3n) is 3.67. The molecule has 0 aliphatic rings. The van der Waals surface area contributed by atoms with Gasteiger partial charge in [0.1, 0.15) is 5.82 Å². The number of hydrogen-bond donors (Lipinski definition) is 1. The molecule has 0 atom stereocenters. The quantitative estimate of drug-likeness (QED) is 0.652. The second-order valence-electron chi connectivity index (χ2n) is 5.68. The highest BCUT2D eigenvalue weighted by molar-refractivity contribution is 5.90. The van der Waals surface area contributed by atoms with Crippen molar-refractivity contribution >= 4 is 16.9 Å². The molecule has 26 heavy (non-hydrogen) atoms. The van der Waals surface area contributed by atoms with Crippen LogP contribution in [0.4, 0.5) is 32.2 Å². The van der Waals surface area contributed by atoms with Crippen LogP contribution >= 0.6 is 0 Å². The SMILES string of the molecule is Cc1ccc(-n2nc3nc(C(F)(F)F)nc(C(F)(F)F)c3c2N)c(C)c1. The standard InChI is InChI=1S/C15H11F6N5/c1-6-3-4-8(7(2)5-6)26-11(22)9-10(14(16,17)18)23-13(15(19,20)21)24-12(9)25-26/h3-5H,22H2,1-2H3. The van der Waals surface area contributed by atoms with Gasteiger partial charge < -0.3 is 5.73 Å². The molecule has 0 aliphatic carbocycles. The minimum atomic E-state index is -5.16. The highest BCUT2D eigenvalue weighted by Gasteiger charge is 2.43. The van der Waals surface area contributed by atoms with E-state index in [1.54, 1.807) is 25.1 Å². The predicted octanol–water partition coefficient (Wildman–Crippen LogP) is 4.05. The Balaban J connectivity index is 2.38. The maximum Gasteiger partial charge on any atom is 0.451 e. The summed E-state index contributed by atoms with van der Waals surface area (Å²) in [5.41, 5.74) is 5.06. The monoisotopic (exact) mass is 375 g/mol. The van der Waals surface area contributed by atoms with Gasteiger partial charge in [-0.15, -0.1) is 5.10 Å². The molecule has 3 aromatic rings. The van der Waals surface area contributed by atoms with Crippen LogP contribution in [0.15, 0.2) is 18.2 Å². The van der Waals surface area contributed by atoms with Crippen LogP contribution in [0.5, 0.6) is 0 Å². The van der Waals surface area contributed by atoms with E-state index in [9.17, 15) is 26.3 Å². The molecule has 5 nitrogen and oxygen atoms in total. The fourth-order valence-electron chi connectivity index (χ4n) is 2.57. The van der Waals surface area contributed by atoms with Crippen molar-refractivity contribution in [1.29, 1.82) is 0 Å². The lowest BCUT2D eigenvalue weighted by Crippen LogP contribution is -2.17. The molecule has 11 heteroatoms. The molecule has 0 aliphatic heterocycles. The van der Waals surface area contributed by atoms with E-state index in [1.165, 1.54) is 0 Å². The Morgan fingerprint density at radius 2 is 1.62 bits per heavy atom. The zero-order valence-electron chi connectivity index (χ0n) is 13.4. The van der Waals surface area contributed by atoms with Crippen LogP contribution in [0, 0.1) is 13.8 Å². The first-order valence-electron chi connectivity index (χ1n) is 7.18. The summed E-state index contributed by atoms with van der Waals surface area (Å²) < 4.78 is 79.3. The predicted molar refractivity (Wildman–Crippen MR) is 80.6 cm³/mol. The van der Waals surface area contributed by atoms with Crippen LogP contribution in [0.1, 0.15) is 22.6 Å². The molecule has 0 saturated heterocycles. The lowest BCUT2D eigenvalue weighted by molar-refractivity contribution is -0.151. The van der Waals surface area contributed by atoms with E-state index in [4.69, 9.17) is 5.73 Å². The summed E-state index contributed by atoms with van der Waals surface area (Å²) in [6.07, 6.45) is -10.3. The third-order valence-corrected chi connectivity index (χ3v) is 3.67. The Kier molecular flexibility index (Phi) is 3.85. The number of aromatic nitrogens is 4. The number of rotatable bonds is 1. The van der Waals surface area contributed by atoms with Gasteiger partial charge in [-0.2, -0.15) is 26.3 Å². The number of benzene rings is 1. The van der Waals surface area contributed by atoms with Crippen molar-refractivity contribution in [1.82, 2.24) is 19.7 Å². The molecular formula is C15H11F6N5. The Morgan fingerprint density at radius 1 is 0.962 bits per heavy atom. The van der Waals surface area contributed by atoms with E-state index in [0.29, 0.717) is 11.3 Å². The number of nitrogens with zero attached hydrogens (tertiary/aromatic N) is 4. The third kappa shape index (κ3) is 2.93. The number of fused-ring (bicyclic) bond motifs is 1. The molecule has 0 bridgehead atoms. The van der Waals surface area contributed by atoms with Gasteiger partial charge in [-0.05, 0) is 25.5 Å². The summed E-state index contributed by atoms with van der Waals surface area (Å²) in [5.74, 6) is -2.42. The summed E-state index contributed by atoms with van der Waals surface area (Å²) in [6, 6.07) is 4.96. The smallest absolute Gasteiger partial charge is 0.383 e. The minimum absolute atomic E-state index is 0.327. The van der Waals surface area contributed by atoms with Crippen molar-refractivity contribution in [3.8, 4) is 5.69 Å². The van der Waals surface area contributed by atoms with E-state index in [2.05, 4.69) is 15.1 Å². The van der Waals surface area contributed by atoms with E-state index < -0.39 is 40.7 Å². The zero-order chi connectivity index (χ0) is 19.4. The first-order valence-corrected chi connectivity index (χ1v) is 7.18. The minimum Gasteiger partial charge on any atom is -0.383 e. The van der Waals surface area contributed by atoms with Crippen LogP contribution in [0.2, 0.25) is 0 Å². The van der Waals surface area contributed by atoms with Crippen LogP contribution < -0.4 is 5.73 Å². The Hall–Kier alpha value is -2.85. The molecular weight excluding hydrogens is 364 g/mol. The number of anilines is 1. The van der Waals surface area contributed by atoms with Crippen molar-refractivity contribution in [3.63, 3.8) is 0 Å². The molecule has 0 fully saturated rings.